The lowest BCUT2D eigenvalue weighted by atomic mass is 9.97. The quantitative estimate of drug-likeness (QED) is 0.312. The molecule has 202 valence electrons. The van der Waals surface area contributed by atoms with Gasteiger partial charge in [0.15, 0.2) is 22.9 Å². The van der Waals surface area contributed by atoms with Crippen molar-refractivity contribution in [2.45, 2.75) is 19.9 Å². The lowest BCUT2D eigenvalue weighted by molar-refractivity contribution is -0.136. The average Bonchev–Trinajstić information content (AvgIpc) is 3.23. The number of fused-ring (bicyclic) bond motifs is 1. The first kappa shape index (κ1) is 28.6. The zero-order chi connectivity index (χ0) is 28.1. The van der Waals surface area contributed by atoms with Crippen LogP contribution in [-0.2, 0) is 9.53 Å². The van der Waals surface area contributed by atoms with Crippen LogP contribution in [-0.4, -0.2) is 37.5 Å². The summed E-state index contributed by atoms with van der Waals surface area (Å²) in [6.07, 6.45) is 3.17. The summed E-state index contributed by atoms with van der Waals surface area (Å²) in [5.74, 6) is 0.968. The van der Waals surface area contributed by atoms with Crippen LogP contribution in [0.4, 0.5) is 0 Å². The molecule has 0 saturated carbocycles. The molecule has 1 aliphatic heterocycles. The van der Waals surface area contributed by atoms with Crippen molar-refractivity contribution in [3.05, 3.63) is 81.9 Å². The number of aromatic nitrogens is 1. The molecule has 1 atom stereocenters. The third-order valence-corrected chi connectivity index (χ3v) is 7.78. The van der Waals surface area contributed by atoms with Gasteiger partial charge >= 0.3 is 5.97 Å². The number of rotatable bonds is 9. The van der Waals surface area contributed by atoms with Crippen LogP contribution in [0.1, 0.15) is 31.0 Å². The highest BCUT2D eigenvalue weighted by atomic mass is 79.9. The predicted octanol–water partition coefficient (Wildman–Crippen LogP) is 4.24. The van der Waals surface area contributed by atoms with Gasteiger partial charge in [0.05, 0.1) is 45.4 Å². The van der Waals surface area contributed by atoms with Gasteiger partial charge in [-0.15, -0.1) is 0 Å². The number of hydrogen-bond acceptors (Lipinski definition) is 9. The second-order valence-electron chi connectivity index (χ2n) is 8.01. The summed E-state index contributed by atoms with van der Waals surface area (Å²) >= 11 is 8.12. The van der Waals surface area contributed by atoms with Gasteiger partial charge < -0.3 is 18.9 Å². The number of nitriles is 1. The number of hydrogen-bond donors (Lipinski definition) is 0. The molecule has 0 spiro atoms. The van der Waals surface area contributed by atoms with Gasteiger partial charge in [-0.1, -0.05) is 17.4 Å². The van der Waals surface area contributed by atoms with Crippen molar-refractivity contribution in [3.8, 4) is 23.3 Å². The van der Waals surface area contributed by atoms with Crippen molar-refractivity contribution < 1.29 is 23.7 Å². The number of carbonyl (C=O) groups is 1. The van der Waals surface area contributed by atoms with Crippen molar-refractivity contribution in [2.24, 2.45) is 4.99 Å². The summed E-state index contributed by atoms with van der Waals surface area (Å²) in [4.78, 5) is 31.4. The molecule has 4 rings (SSSR count). The molecule has 1 aliphatic rings. The highest BCUT2D eigenvalue weighted by Crippen LogP contribution is 2.36. The number of halogens is 2. The summed E-state index contributed by atoms with van der Waals surface area (Å²) < 4.78 is 25.1. The Bertz CT molecular complexity index is 1650. The normalized spacial score (nSPS) is 14.5. The van der Waals surface area contributed by atoms with E-state index in [9.17, 15) is 9.59 Å². The van der Waals surface area contributed by atoms with E-state index in [1.165, 1.54) is 29.2 Å². The third kappa shape index (κ3) is 5.95. The standard InChI is InChI=1S/C27H23Br2N3O6S/c1-4-36-20-7-6-16(13-21(20)37-5-2)23-17(26(34)35-3)14-31-27-32(23)25(33)22(39-27)12-15-10-18(28)24(19(29)11-15)38-9-8-30/h6-7,10-14,23H,4-5,9H2,1-3H3/b22-12-/t23-/m0/s1. The van der Waals surface area contributed by atoms with Crippen LogP contribution in [0.25, 0.3) is 6.08 Å². The molecule has 2 aromatic carbocycles. The largest absolute Gasteiger partial charge is 0.490 e. The molecule has 0 saturated heterocycles. The molecule has 39 heavy (non-hydrogen) atoms. The van der Waals surface area contributed by atoms with Gasteiger partial charge in [-0.05, 0) is 87.2 Å². The number of benzene rings is 2. The Labute approximate surface area is 244 Å². The van der Waals surface area contributed by atoms with Crippen LogP contribution in [0.2, 0.25) is 0 Å². The number of thiazole rings is 1. The molecule has 0 radical (unpaired) electrons. The molecule has 0 fully saturated rings. The van der Waals surface area contributed by atoms with Gasteiger partial charge in [-0.25, -0.2) is 9.79 Å². The van der Waals surface area contributed by atoms with E-state index in [4.69, 9.17) is 24.2 Å². The Morgan fingerprint density at radius 2 is 1.82 bits per heavy atom. The van der Waals surface area contributed by atoms with Crippen molar-refractivity contribution in [1.82, 2.24) is 4.57 Å². The van der Waals surface area contributed by atoms with E-state index in [0.717, 1.165) is 0 Å². The molecule has 2 heterocycles. The van der Waals surface area contributed by atoms with Crippen LogP contribution >= 0.6 is 43.2 Å². The molecule has 12 heteroatoms. The van der Waals surface area contributed by atoms with Gasteiger partial charge in [0, 0.05) is 6.20 Å². The fourth-order valence-electron chi connectivity index (χ4n) is 4.04. The summed E-state index contributed by atoms with van der Waals surface area (Å²) in [5.41, 5.74) is 1.26. The molecular weight excluding hydrogens is 654 g/mol. The number of carbonyl (C=O) groups excluding carboxylic acids is 1. The Balaban J connectivity index is 1.87. The van der Waals surface area contributed by atoms with Gasteiger partial charge in [-0.2, -0.15) is 5.26 Å². The fourth-order valence-corrected chi connectivity index (χ4v) is 6.46. The lowest BCUT2D eigenvalue weighted by Gasteiger charge is -2.23. The van der Waals surface area contributed by atoms with Gasteiger partial charge in [0.25, 0.3) is 5.56 Å². The van der Waals surface area contributed by atoms with E-state index in [1.807, 2.05) is 19.9 Å². The fraction of sp³-hybridized carbons (Fsp3) is 0.259. The topological polar surface area (TPSA) is 112 Å². The van der Waals surface area contributed by atoms with Crippen LogP contribution in [0.5, 0.6) is 17.2 Å². The maximum atomic E-state index is 13.8. The van der Waals surface area contributed by atoms with E-state index in [0.29, 0.717) is 59.9 Å². The first-order valence-corrected chi connectivity index (χ1v) is 14.2. The highest BCUT2D eigenvalue weighted by Gasteiger charge is 2.31. The first-order valence-electron chi connectivity index (χ1n) is 11.8. The Kier molecular flexibility index (Phi) is 9.27. The SMILES string of the molecule is CCOc1ccc([C@H]2C(C(=O)OC)=CN=c3s/c(=C\c4cc(Br)c(OCC#N)c(Br)c4)c(=O)n32)cc1OCC. The van der Waals surface area contributed by atoms with E-state index in [2.05, 4.69) is 36.9 Å². The molecule has 9 nitrogen and oxygen atoms in total. The maximum absolute atomic E-state index is 13.8. The summed E-state index contributed by atoms with van der Waals surface area (Å²) in [6, 6.07) is 10.1. The molecule has 3 aromatic rings. The van der Waals surface area contributed by atoms with Crippen molar-refractivity contribution in [2.75, 3.05) is 26.9 Å². The van der Waals surface area contributed by atoms with Gasteiger partial charge in [0.2, 0.25) is 0 Å². The smallest absolute Gasteiger partial charge is 0.337 e. The van der Waals surface area contributed by atoms with Crippen LogP contribution < -0.4 is 29.1 Å². The Morgan fingerprint density at radius 1 is 1.13 bits per heavy atom. The van der Waals surface area contributed by atoms with E-state index in [1.54, 1.807) is 36.4 Å². The maximum Gasteiger partial charge on any atom is 0.337 e. The van der Waals surface area contributed by atoms with Gasteiger partial charge in [-0.3, -0.25) is 9.36 Å². The van der Waals surface area contributed by atoms with Crippen molar-refractivity contribution >= 4 is 55.2 Å². The van der Waals surface area contributed by atoms with Crippen LogP contribution in [0.3, 0.4) is 0 Å². The average molecular weight is 677 g/mol. The summed E-state index contributed by atoms with van der Waals surface area (Å²) in [5, 5.41) is 8.82. The Morgan fingerprint density at radius 3 is 2.46 bits per heavy atom. The van der Waals surface area contributed by atoms with Crippen LogP contribution in [0.15, 0.2) is 60.8 Å². The molecule has 0 aliphatic carbocycles. The van der Waals surface area contributed by atoms with E-state index >= 15 is 0 Å². The second-order valence-corrected chi connectivity index (χ2v) is 10.7. The number of methoxy groups -OCH3 is 1. The first-order chi connectivity index (χ1) is 18.8. The number of nitrogens with zero attached hydrogens (tertiary/aromatic N) is 3. The van der Waals surface area contributed by atoms with Gasteiger partial charge in [0.1, 0.15) is 11.8 Å². The zero-order valence-electron chi connectivity index (χ0n) is 21.2. The minimum atomic E-state index is -0.786. The van der Waals surface area contributed by atoms with Crippen molar-refractivity contribution in [3.63, 3.8) is 0 Å². The monoisotopic (exact) mass is 675 g/mol. The molecule has 1 aromatic heterocycles. The zero-order valence-corrected chi connectivity index (χ0v) is 25.2. The Hall–Kier alpha value is -3.40. The van der Waals surface area contributed by atoms with E-state index in [-0.39, 0.29) is 17.7 Å². The van der Waals surface area contributed by atoms with Crippen molar-refractivity contribution in [1.29, 1.82) is 5.26 Å². The summed E-state index contributed by atoms with van der Waals surface area (Å²) in [7, 11) is 1.29. The second kappa shape index (κ2) is 12.6. The molecular formula is C27H23Br2N3O6S. The molecule has 0 N–H and O–H groups in total. The third-order valence-electron chi connectivity index (χ3n) is 5.61. The molecule has 0 unspecified atom stereocenters. The summed E-state index contributed by atoms with van der Waals surface area (Å²) in [6.45, 7) is 4.51. The minimum absolute atomic E-state index is 0.103. The van der Waals surface area contributed by atoms with E-state index < -0.39 is 12.0 Å². The number of ether oxygens (including phenoxy) is 4. The molecule has 0 amide bonds. The highest BCUT2D eigenvalue weighted by molar-refractivity contribution is 9.11. The lowest BCUT2D eigenvalue weighted by Crippen LogP contribution is -2.39. The van der Waals surface area contributed by atoms with Crippen LogP contribution in [0, 0.1) is 11.3 Å². The predicted molar refractivity (Wildman–Crippen MR) is 153 cm³/mol. The minimum Gasteiger partial charge on any atom is -0.490 e. The molecule has 0 bridgehead atoms. The number of esters is 1.